The molecule has 0 spiro atoms. The quantitative estimate of drug-likeness (QED) is 0.551. The summed E-state index contributed by atoms with van der Waals surface area (Å²) < 4.78 is 0.515. The van der Waals surface area contributed by atoms with Crippen LogP contribution in [0.25, 0.3) is 5.70 Å². The molecule has 0 atom stereocenters. The van der Waals surface area contributed by atoms with Crippen LogP contribution in [0.15, 0.2) is 16.9 Å². The van der Waals surface area contributed by atoms with Crippen LogP contribution in [0.4, 0.5) is 0 Å². The third-order valence-electron chi connectivity index (χ3n) is 1.75. The average molecular weight is 242 g/mol. The first-order chi connectivity index (χ1) is 6.18. The minimum atomic E-state index is -0.438. The highest BCUT2D eigenvalue weighted by Gasteiger charge is 2.26. The van der Waals surface area contributed by atoms with E-state index in [9.17, 15) is 10.1 Å². The Balaban J connectivity index is 2.54. The molecule has 0 saturated heterocycles. The fourth-order valence-corrected chi connectivity index (χ4v) is 1.48. The summed E-state index contributed by atoms with van der Waals surface area (Å²) >= 11 is 3.12. The van der Waals surface area contributed by atoms with E-state index in [4.69, 9.17) is 0 Å². The van der Waals surface area contributed by atoms with Crippen molar-refractivity contribution in [3.63, 3.8) is 0 Å². The van der Waals surface area contributed by atoms with Crippen molar-refractivity contribution in [1.29, 1.82) is 0 Å². The zero-order valence-electron chi connectivity index (χ0n) is 6.40. The largest absolute Gasteiger partial charge is 0.293 e. The molecule has 1 aromatic rings. The van der Waals surface area contributed by atoms with Gasteiger partial charge in [-0.25, -0.2) is 4.98 Å². The Bertz CT molecular complexity index is 416. The van der Waals surface area contributed by atoms with Gasteiger partial charge in [0.05, 0.1) is 16.8 Å². The molecule has 0 aromatic carbocycles. The molecule has 0 amide bonds. The Labute approximate surface area is 81.8 Å². The summed E-state index contributed by atoms with van der Waals surface area (Å²) in [4.78, 5) is 18.1. The Morgan fingerprint density at radius 2 is 2.38 bits per heavy atom. The van der Waals surface area contributed by atoms with Gasteiger partial charge in [0, 0.05) is 12.5 Å². The topological polar surface area (TPSA) is 68.9 Å². The van der Waals surface area contributed by atoms with Gasteiger partial charge in [-0.1, -0.05) is 0 Å². The van der Waals surface area contributed by atoms with Crippen molar-refractivity contribution in [2.45, 2.75) is 6.42 Å². The second-order valence-corrected chi connectivity index (χ2v) is 3.35. The van der Waals surface area contributed by atoms with Gasteiger partial charge >= 0.3 is 0 Å². The Morgan fingerprint density at radius 1 is 1.62 bits per heavy atom. The number of halogens is 1. The van der Waals surface area contributed by atoms with Crippen molar-refractivity contribution in [2.24, 2.45) is 0 Å². The van der Waals surface area contributed by atoms with Gasteiger partial charge in [-0.3, -0.25) is 15.1 Å². The van der Waals surface area contributed by atoms with Crippen LogP contribution in [0.1, 0.15) is 11.4 Å². The maximum absolute atomic E-state index is 10.5. The molecule has 0 radical (unpaired) electrons. The molecule has 2 rings (SSSR count). The third-order valence-corrected chi connectivity index (χ3v) is 2.13. The summed E-state index contributed by atoms with van der Waals surface area (Å²) in [6.45, 7) is 0. The van der Waals surface area contributed by atoms with E-state index in [0.29, 0.717) is 22.4 Å². The van der Waals surface area contributed by atoms with Gasteiger partial charge < -0.3 is 0 Å². The number of hydrogen-bond acceptors (Lipinski definition) is 4. The summed E-state index contributed by atoms with van der Waals surface area (Å²) in [5.74, 6) is 0. The maximum atomic E-state index is 10.5. The lowest BCUT2D eigenvalue weighted by Gasteiger charge is -1.96. The van der Waals surface area contributed by atoms with Gasteiger partial charge in [-0.05, 0) is 15.9 Å². The van der Waals surface area contributed by atoms with Gasteiger partial charge in [0.25, 0.3) is 5.70 Å². The van der Waals surface area contributed by atoms with Crippen LogP contribution < -0.4 is 0 Å². The molecule has 0 saturated carbocycles. The number of nitrogens with zero attached hydrogens (tertiary/aromatic N) is 3. The van der Waals surface area contributed by atoms with Gasteiger partial charge in [-0.2, -0.15) is 0 Å². The predicted octanol–water partition coefficient (Wildman–Crippen LogP) is 1.41. The molecule has 5 nitrogen and oxygen atoms in total. The molecule has 13 heavy (non-hydrogen) atoms. The van der Waals surface area contributed by atoms with Crippen LogP contribution in [-0.4, -0.2) is 14.9 Å². The highest BCUT2D eigenvalue weighted by atomic mass is 79.9. The predicted molar refractivity (Wildman–Crippen MR) is 48.4 cm³/mol. The number of aromatic nitrogens is 2. The van der Waals surface area contributed by atoms with E-state index >= 15 is 0 Å². The molecule has 1 aromatic heterocycles. The van der Waals surface area contributed by atoms with Gasteiger partial charge in [0.1, 0.15) is 4.60 Å². The van der Waals surface area contributed by atoms with Crippen molar-refractivity contribution in [2.75, 3.05) is 0 Å². The summed E-state index contributed by atoms with van der Waals surface area (Å²) in [6, 6.07) is 0. The maximum Gasteiger partial charge on any atom is 0.293 e. The smallest absolute Gasteiger partial charge is 0.258 e. The molecule has 1 heterocycles. The normalized spacial score (nSPS) is 13.8. The first kappa shape index (κ1) is 8.31. The molecule has 66 valence electrons. The van der Waals surface area contributed by atoms with Crippen LogP contribution in [0.2, 0.25) is 0 Å². The Hall–Kier alpha value is -1.30. The fraction of sp³-hybridized carbons (Fsp3) is 0.143. The fourth-order valence-electron chi connectivity index (χ4n) is 1.20. The number of allylic oxidation sites excluding steroid dienone is 1. The van der Waals surface area contributed by atoms with Crippen molar-refractivity contribution >= 4 is 21.6 Å². The van der Waals surface area contributed by atoms with Gasteiger partial charge in [0.15, 0.2) is 5.69 Å². The summed E-state index contributed by atoms with van der Waals surface area (Å²) in [7, 11) is 0. The molecule has 0 unspecified atom stereocenters. The van der Waals surface area contributed by atoms with Crippen LogP contribution in [0, 0.1) is 10.1 Å². The van der Waals surface area contributed by atoms with Crippen LogP contribution in [0.5, 0.6) is 0 Å². The molecule has 1 aliphatic rings. The lowest BCUT2D eigenvalue weighted by molar-refractivity contribution is -0.375. The zero-order chi connectivity index (χ0) is 9.42. The van der Waals surface area contributed by atoms with E-state index in [2.05, 4.69) is 25.9 Å². The molecule has 0 aliphatic heterocycles. The summed E-state index contributed by atoms with van der Waals surface area (Å²) in [6.07, 6.45) is 3.55. The van der Waals surface area contributed by atoms with Crippen LogP contribution in [0.3, 0.4) is 0 Å². The highest BCUT2D eigenvalue weighted by molar-refractivity contribution is 9.10. The van der Waals surface area contributed by atoms with Gasteiger partial charge in [0.2, 0.25) is 0 Å². The minimum absolute atomic E-state index is 0.0452. The Kier molecular flexibility index (Phi) is 1.84. The molecule has 0 bridgehead atoms. The van der Waals surface area contributed by atoms with Crippen molar-refractivity contribution < 1.29 is 4.92 Å². The molecule has 0 fully saturated rings. The number of hydrogen-bond donors (Lipinski definition) is 0. The zero-order valence-corrected chi connectivity index (χ0v) is 7.98. The monoisotopic (exact) mass is 241 g/mol. The number of fused-ring (bicyclic) bond motifs is 1. The SMILES string of the molecule is O=[N+]([O-])C1=CCc2ncc(Br)nc21. The van der Waals surface area contributed by atoms with Gasteiger partial charge in [-0.15, -0.1) is 0 Å². The van der Waals surface area contributed by atoms with E-state index in [1.165, 1.54) is 12.3 Å². The standard InChI is InChI=1S/C7H4BrN3O2/c8-6-3-9-4-1-2-5(11(12)13)7(4)10-6/h2-3H,1H2. The van der Waals surface area contributed by atoms with Crippen LogP contribution >= 0.6 is 15.9 Å². The van der Waals surface area contributed by atoms with Crippen molar-refractivity contribution in [1.82, 2.24) is 9.97 Å². The Morgan fingerprint density at radius 3 is 3.08 bits per heavy atom. The summed E-state index contributed by atoms with van der Waals surface area (Å²) in [5, 5.41) is 10.5. The number of rotatable bonds is 1. The summed E-state index contributed by atoms with van der Waals surface area (Å²) in [5.41, 5.74) is 1.08. The lowest BCUT2D eigenvalue weighted by atomic mass is 10.3. The first-order valence-electron chi connectivity index (χ1n) is 3.55. The molecular formula is C7H4BrN3O2. The van der Waals surface area contributed by atoms with E-state index in [1.54, 1.807) is 0 Å². The molecule has 1 aliphatic carbocycles. The molecule has 6 heteroatoms. The third kappa shape index (κ3) is 1.33. The minimum Gasteiger partial charge on any atom is -0.258 e. The molecule has 0 N–H and O–H groups in total. The average Bonchev–Trinajstić information content (AvgIpc) is 2.46. The van der Waals surface area contributed by atoms with E-state index in [-0.39, 0.29) is 5.70 Å². The number of nitro groups is 1. The highest BCUT2D eigenvalue weighted by Crippen LogP contribution is 2.25. The molecular weight excluding hydrogens is 238 g/mol. The second-order valence-electron chi connectivity index (χ2n) is 2.54. The second kappa shape index (κ2) is 2.88. The van der Waals surface area contributed by atoms with Crippen molar-refractivity contribution in [3.05, 3.63) is 38.4 Å². The van der Waals surface area contributed by atoms with E-state index in [0.717, 1.165) is 0 Å². The van der Waals surface area contributed by atoms with E-state index in [1.807, 2.05) is 0 Å². The lowest BCUT2D eigenvalue weighted by Crippen LogP contribution is -2.00. The van der Waals surface area contributed by atoms with E-state index < -0.39 is 4.92 Å². The first-order valence-corrected chi connectivity index (χ1v) is 4.34. The van der Waals surface area contributed by atoms with Crippen LogP contribution in [-0.2, 0) is 6.42 Å². The van der Waals surface area contributed by atoms with Crippen molar-refractivity contribution in [3.8, 4) is 0 Å².